The van der Waals surface area contributed by atoms with Gasteiger partial charge >= 0.3 is 17.8 Å². The molecule has 1 heterocycles. The van der Waals surface area contributed by atoms with Crippen molar-refractivity contribution in [1.82, 2.24) is 5.43 Å². The van der Waals surface area contributed by atoms with E-state index >= 15 is 0 Å². The van der Waals surface area contributed by atoms with E-state index in [-0.39, 0.29) is 0 Å². The second-order valence-electron chi connectivity index (χ2n) is 6.30. The first-order valence-electron chi connectivity index (χ1n) is 8.99. The van der Waals surface area contributed by atoms with E-state index in [9.17, 15) is 14.4 Å². The predicted molar refractivity (Wildman–Crippen MR) is 108 cm³/mol. The molecule has 1 aliphatic rings. The number of nitrogens with one attached hydrogen (secondary N) is 2. The number of aryl methyl sites for hydroxylation is 2. The number of methoxy groups -OCH3 is 1. The summed E-state index contributed by atoms with van der Waals surface area (Å²) in [6.07, 6.45) is 4.98. The Bertz CT molecular complexity index is 932. The molecule has 0 bridgehead atoms. The van der Waals surface area contributed by atoms with E-state index in [1.807, 2.05) is 24.3 Å². The number of ether oxygens (including phenoxy) is 1. The maximum Gasteiger partial charge on any atom is 0.341 e. The van der Waals surface area contributed by atoms with Crippen LogP contribution in [0.2, 0.25) is 0 Å². The summed E-state index contributed by atoms with van der Waals surface area (Å²) in [4.78, 5) is 37.3. The van der Waals surface area contributed by atoms with Crippen molar-refractivity contribution in [2.75, 3.05) is 12.4 Å². The molecule has 0 radical (unpaired) electrons. The SMILES string of the molecule is CCc1ccc(/C=N/NC(=O)C(=O)Nc2sc3c(c2C(=O)OC)CCC3)cc1. The second-order valence-corrected chi connectivity index (χ2v) is 7.41. The third-order valence-electron chi connectivity index (χ3n) is 4.51. The van der Waals surface area contributed by atoms with Gasteiger partial charge in [0.25, 0.3) is 0 Å². The van der Waals surface area contributed by atoms with Gasteiger partial charge in [-0.15, -0.1) is 11.3 Å². The molecule has 0 atom stereocenters. The fourth-order valence-electron chi connectivity index (χ4n) is 3.03. The van der Waals surface area contributed by atoms with Crippen LogP contribution in [0.5, 0.6) is 0 Å². The molecule has 0 aliphatic heterocycles. The van der Waals surface area contributed by atoms with Gasteiger partial charge in [0, 0.05) is 4.88 Å². The molecule has 2 N–H and O–H groups in total. The number of amides is 2. The van der Waals surface area contributed by atoms with Gasteiger partial charge in [-0.3, -0.25) is 9.59 Å². The van der Waals surface area contributed by atoms with E-state index in [2.05, 4.69) is 22.8 Å². The van der Waals surface area contributed by atoms with E-state index in [1.54, 1.807) is 0 Å². The first-order chi connectivity index (χ1) is 13.5. The minimum absolute atomic E-state index is 0.343. The number of nitrogens with zero attached hydrogens (tertiary/aromatic N) is 1. The third-order valence-corrected chi connectivity index (χ3v) is 5.72. The van der Waals surface area contributed by atoms with Crippen molar-refractivity contribution in [3.63, 3.8) is 0 Å². The van der Waals surface area contributed by atoms with Crippen LogP contribution in [-0.4, -0.2) is 31.1 Å². The number of carbonyl (C=O) groups excluding carboxylic acids is 3. The zero-order valence-corrected chi connectivity index (χ0v) is 16.5. The highest BCUT2D eigenvalue weighted by molar-refractivity contribution is 7.17. The molecule has 3 rings (SSSR count). The lowest BCUT2D eigenvalue weighted by Gasteiger charge is -2.06. The zero-order valence-electron chi connectivity index (χ0n) is 15.7. The molecule has 0 saturated carbocycles. The van der Waals surface area contributed by atoms with Crippen LogP contribution in [0.15, 0.2) is 29.4 Å². The summed E-state index contributed by atoms with van der Waals surface area (Å²) in [5, 5.41) is 6.66. The summed E-state index contributed by atoms with van der Waals surface area (Å²) in [6, 6.07) is 7.70. The minimum Gasteiger partial charge on any atom is -0.465 e. The normalized spacial score (nSPS) is 12.6. The number of hydrogen-bond donors (Lipinski definition) is 2. The molecule has 0 spiro atoms. The number of fused-ring (bicyclic) bond motifs is 1. The average molecular weight is 399 g/mol. The smallest absolute Gasteiger partial charge is 0.341 e. The Hall–Kier alpha value is -3.00. The van der Waals surface area contributed by atoms with Crippen LogP contribution in [0.4, 0.5) is 5.00 Å². The average Bonchev–Trinajstić information content (AvgIpc) is 3.28. The van der Waals surface area contributed by atoms with E-state index < -0.39 is 17.8 Å². The van der Waals surface area contributed by atoms with E-state index in [4.69, 9.17) is 4.74 Å². The van der Waals surface area contributed by atoms with Crippen LogP contribution < -0.4 is 10.7 Å². The number of rotatable bonds is 5. The van der Waals surface area contributed by atoms with Gasteiger partial charge in [-0.1, -0.05) is 31.2 Å². The molecule has 1 aliphatic carbocycles. The lowest BCUT2D eigenvalue weighted by molar-refractivity contribution is -0.136. The topological polar surface area (TPSA) is 96.9 Å². The molecule has 7 nitrogen and oxygen atoms in total. The summed E-state index contributed by atoms with van der Waals surface area (Å²) >= 11 is 1.31. The summed E-state index contributed by atoms with van der Waals surface area (Å²) in [7, 11) is 1.29. The molecule has 2 amide bonds. The van der Waals surface area contributed by atoms with Crippen LogP contribution >= 0.6 is 11.3 Å². The van der Waals surface area contributed by atoms with Crippen LogP contribution in [0.1, 0.15) is 45.3 Å². The molecule has 8 heteroatoms. The predicted octanol–water partition coefficient (Wildman–Crippen LogP) is 2.67. The summed E-state index contributed by atoms with van der Waals surface area (Å²) in [5.41, 5.74) is 5.46. The number of hydrogen-bond acceptors (Lipinski definition) is 6. The van der Waals surface area contributed by atoms with Crippen molar-refractivity contribution in [3.05, 3.63) is 51.4 Å². The first-order valence-corrected chi connectivity index (χ1v) is 9.81. The van der Waals surface area contributed by atoms with E-state index in [0.717, 1.165) is 41.7 Å². The number of benzene rings is 1. The Balaban J connectivity index is 1.64. The van der Waals surface area contributed by atoms with Gasteiger partial charge in [-0.05, 0) is 42.4 Å². The standard InChI is InChI=1S/C20H21N3O4S/c1-3-12-7-9-13(10-8-12)11-21-23-18(25)17(24)22-19-16(20(26)27-2)14-5-4-6-15(14)28-19/h7-11H,3-6H2,1-2H3,(H,22,24)(H,23,25)/b21-11+. The van der Waals surface area contributed by atoms with E-state index in [0.29, 0.717) is 10.6 Å². The number of esters is 1. The van der Waals surface area contributed by atoms with Crippen molar-refractivity contribution in [3.8, 4) is 0 Å². The number of carbonyl (C=O) groups is 3. The molecule has 1 aromatic carbocycles. The zero-order chi connectivity index (χ0) is 20.1. The molecule has 28 heavy (non-hydrogen) atoms. The lowest BCUT2D eigenvalue weighted by atomic mass is 10.1. The minimum atomic E-state index is -0.911. The number of hydrazone groups is 1. The van der Waals surface area contributed by atoms with Crippen molar-refractivity contribution in [2.24, 2.45) is 5.10 Å². The molecule has 146 valence electrons. The van der Waals surface area contributed by atoms with Crippen LogP contribution in [-0.2, 0) is 33.6 Å². The molecule has 1 aromatic heterocycles. The number of thiophene rings is 1. The maximum absolute atomic E-state index is 12.2. The van der Waals surface area contributed by atoms with Gasteiger partial charge in [0.15, 0.2) is 0 Å². The largest absolute Gasteiger partial charge is 0.465 e. The van der Waals surface area contributed by atoms with Gasteiger partial charge in [0.05, 0.1) is 18.9 Å². The fourth-order valence-corrected chi connectivity index (χ4v) is 4.30. The number of anilines is 1. The second kappa shape index (κ2) is 8.79. The highest BCUT2D eigenvalue weighted by atomic mass is 32.1. The van der Waals surface area contributed by atoms with Crippen molar-refractivity contribution >= 4 is 40.3 Å². The van der Waals surface area contributed by atoms with Crippen molar-refractivity contribution < 1.29 is 19.1 Å². The van der Waals surface area contributed by atoms with Gasteiger partial charge in [0.1, 0.15) is 5.00 Å². The Morgan fingerprint density at radius 3 is 2.61 bits per heavy atom. The van der Waals surface area contributed by atoms with Gasteiger partial charge in [0.2, 0.25) is 0 Å². The summed E-state index contributed by atoms with van der Waals surface area (Å²) < 4.78 is 4.83. The maximum atomic E-state index is 12.2. The highest BCUT2D eigenvalue weighted by Gasteiger charge is 2.29. The third kappa shape index (κ3) is 4.28. The van der Waals surface area contributed by atoms with Crippen molar-refractivity contribution in [1.29, 1.82) is 0 Å². The van der Waals surface area contributed by atoms with Gasteiger partial charge < -0.3 is 10.1 Å². The van der Waals surface area contributed by atoms with Crippen LogP contribution in [0, 0.1) is 0 Å². The summed E-state index contributed by atoms with van der Waals surface area (Å²) in [6.45, 7) is 2.07. The lowest BCUT2D eigenvalue weighted by Crippen LogP contribution is -2.32. The quantitative estimate of drug-likeness (QED) is 0.350. The molecular formula is C20H21N3O4S. The molecular weight excluding hydrogens is 378 g/mol. The Labute approximate surface area is 166 Å². The first kappa shape index (κ1) is 19.8. The highest BCUT2D eigenvalue weighted by Crippen LogP contribution is 2.39. The van der Waals surface area contributed by atoms with Crippen LogP contribution in [0.3, 0.4) is 0 Å². The van der Waals surface area contributed by atoms with E-state index in [1.165, 1.54) is 30.2 Å². The molecule has 0 unspecified atom stereocenters. The molecule has 0 saturated heterocycles. The Kier molecular flexibility index (Phi) is 6.20. The fraction of sp³-hybridized carbons (Fsp3) is 0.300. The van der Waals surface area contributed by atoms with Gasteiger partial charge in [-0.2, -0.15) is 5.10 Å². The Morgan fingerprint density at radius 1 is 1.18 bits per heavy atom. The van der Waals surface area contributed by atoms with Crippen molar-refractivity contribution in [2.45, 2.75) is 32.6 Å². The molecule has 0 fully saturated rings. The Morgan fingerprint density at radius 2 is 1.93 bits per heavy atom. The summed E-state index contributed by atoms with van der Waals surface area (Å²) in [5.74, 6) is -2.31. The molecule has 2 aromatic rings. The van der Waals surface area contributed by atoms with Crippen LogP contribution in [0.25, 0.3) is 0 Å². The monoisotopic (exact) mass is 399 g/mol. The van der Waals surface area contributed by atoms with Gasteiger partial charge in [-0.25, -0.2) is 10.2 Å².